The van der Waals surface area contributed by atoms with Gasteiger partial charge in [0.15, 0.2) is 5.79 Å². The lowest BCUT2D eigenvalue weighted by molar-refractivity contribution is -0.282. The summed E-state index contributed by atoms with van der Waals surface area (Å²) in [5, 5.41) is 0.489. The van der Waals surface area contributed by atoms with Crippen molar-refractivity contribution in [1.29, 1.82) is 0 Å². The van der Waals surface area contributed by atoms with Gasteiger partial charge in [0.2, 0.25) is 0 Å². The number of carbonyl (C=O) groups is 1. The number of H-pyrrole nitrogens is 1. The number of hydrogen-bond acceptors (Lipinski definition) is 6. The zero-order valence-corrected chi connectivity index (χ0v) is 21.5. The van der Waals surface area contributed by atoms with Gasteiger partial charge in [-0.25, -0.2) is 9.78 Å². The van der Waals surface area contributed by atoms with Crippen LogP contribution in [0.4, 0.5) is 4.79 Å². The van der Waals surface area contributed by atoms with Crippen molar-refractivity contribution >= 4 is 32.9 Å². The van der Waals surface area contributed by atoms with Gasteiger partial charge in [-0.2, -0.15) is 0 Å². The summed E-state index contributed by atoms with van der Waals surface area (Å²) in [5.74, 6) is -0.812. The number of rotatable bonds is 3. The van der Waals surface area contributed by atoms with E-state index in [9.17, 15) is 9.59 Å². The molecule has 33 heavy (non-hydrogen) atoms. The van der Waals surface area contributed by atoms with Crippen molar-refractivity contribution in [3.8, 4) is 0 Å². The topological polar surface area (TPSA) is 93.8 Å². The first-order valence-corrected chi connectivity index (χ1v) is 12.3. The van der Waals surface area contributed by atoms with Gasteiger partial charge >= 0.3 is 6.09 Å². The molecule has 2 unspecified atom stereocenters. The lowest BCUT2D eigenvalue weighted by atomic mass is 9.77. The third-order valence-corrected chi connectivity index (χ3v) is 7.08. The molecule has 1 aromatic carbocycles. The fraction of sp³-hybridized carbons (Fsp3) is 0.625. The largest absolute Gasteiger partial charge is 0.444 e. The Labute approximate surface area is 202 Å². The van der Waals surface area contributed by atoms with Crippen LogP contribution in [0.3, 0.4) is 0 Å². The summed E-state index contributed by atoms with van der Waals surface area (Å²) < 4.78 is 19.1. The highest BCUT2D eigenvalue weighted by Crippen LogP contribution is 2.54. The van der Waals surface area contributed by atoms with Crippen LogP contribution in [0.1, 0.15) is 59.7 Å². The number of nitrogens with zero attached hydrogens (tertiary/aromatic N) is 2. The third-order valence-electron chi connectivity index (χ3n) is 6.59. The van der Waals surface area contributed by atoms with Gasteiger partial charge in [-0.1, -0.05) is 29.8 Å². The quantitative estimate of drug-likeness (QED) is 0.628. The van der Waals surface area contributed by atoms with Gasteiger partial charge in [0.25, 0.3) is 5.56 Å². The number of benzene rings is 1. The Morgan fingerprint density at radius 2 is 2.00 bits per heavy atom. The van der Waals surface area contributed by atoms with Gasteiger partial charge in [-0.3, -0.25) is 9.69 Å². The van der Waals surface area contributed by atoms with E-state index in [1.54, 1.807) is 11.0 Å². The molecule has 1 spiro atoms. The molecule has 9 heteroatoms. The van der Waals surface area contributed by atoms with Crippen molar-refractivity contribution in [3.05, 3.63) is 38.9 Å². The number of likely N-dealkylation sites (tertiary alicyclic amines) is 1. The maximum atomic E-state index is 13.6. The molecule has 8 nitrogen and oxygen atoms in total. The number of hydrogen-bond donors (Lipinski definition) is 1. The molecule has 4 rings (SSSR count). The first-order valence-electron chi connectivity index (χ1n) is 11.5. The van der Waals surface area contributed by atoms with E-state index in [1.807, 2.05) is 46.8 Å². The van der Waals surface area contributed by atoms with Gasteiger partial charge in [0.1, 0.15) is 17.0 Å². The minimum Gasteiger partial charge on any atom is -0.444 e. The maximum Gasteiger partial charge on any atom is 0.411 e. The number of aromatic nitrogens is 2. The van der Waals surface area contributed by atoms with E-state index < -0.39 is 23.0 Å². The van der Waals surface area contributed by atoms with Crippen LogP contribution in [0.15, 0.2) is 27.5 Å². The van der Waals surface area contributed by atoms with Crippen molar-refractivity contribution < 1.29 is 19.0 Å². The number of fused-ring (bicyclic) bond motifs is 1. The molecule has 0 bridgehead atoms. The Morgan fingerprint density at radius 3 is 2.61 bits per heavy atom. The molecule has 1 amide bonds. The van der Waals surface area contributed by atoms with E-state index in [4.69, 9.17) is 19.2 Å². The molecule has 3 heterocycles. The summed E-state index contributed by atoms with van der Waals surface area (Å²) in [5.41, 5.74) is -1.34. The van der Waals surface area contributed by atoms with Crippen LogP contribution in [-0.4, -0.2) is 52.1 Å². The molecular weight excluding hydrogens is 490 g/mol. The first kappa shape index (κ1) is 24.2. The Kier molecular flexibility index (Phi) is 6.35. The molecule has 1 N–H and O–H groups in total. The number of aromatic amines is 1. The van der Waals surface area contributed by atoms with E-state index in [-0.39, 0.29) is 18.0 Å². The Hall–Kier alpha value is -1.97. The number of nitrogens with one attached hydrogen (secondary N) is 1. The zero-order chi connectivity index (χ0) is 24.0. The van der Waals surface area contributed by atoms with Crippen molar-refractivity contribution in [1.82, 2.24) is 14.9 Å². The first-order chi connectivity index (χ1) is 15.6. The van der Waals surface area contributed by atoms with Crippen molar-refractivity contribution in [2.75, 3.05) is 19.8 Å². The number of amides is 1. The molecule has 2 atom stereocenters. The van der Waals surface area contributed by atoms with Crippen molar-refractivity contribution in [2.45, 2.75) is 70.8 Å². The average molecular weight is 522 g/mol. The summed E-state index contributed by atoms with van der Waals surface area (Å²) in [6.07, 6.45) is 1.48. The fourth-order valence-corrected chi connectivity index (χ4v) is 5.66. The van der Waals surface area contributed by atoms with Gasteiger partial charge in [-0.15, -0.1) is 0 Å². The highest BCUT2D eigenvalue weighted by atomic mass is 79.9. The Balaban J connectivity index is 1.95. The average Bonchev–Trinajstić information content (AvgIpc) is 3.02. The van der Waals surface area contributed by atoms with E-state index >= 15 is 0 Å². The van der Waals surface area contributed by atoms with Gasteiger partial charge in [0.05, 0.1) is 30.7 Å². The van der Waals surface area contributed by atoms with Crippen LogP contribution < -0.4 is 5.56 Å². The van der Waals surface area contributed by atoms with E-state index in [0.717, 1.165) is 10.9 Å². The molecule has 2 aliphatic rings. The second-order valence-electron chi connectivity index (χ2n) is 9.74. The summed E-state index contributed by atoms with van der Waals surface area (Å²) in [6, 6.07) is 5.36. The predicted molar refractivity (Wildman–Crippen MR) is 128 cm³/mol. The summed E-state index contributed by atoms with van der Waals surface area (Å²) in [7, 11) is 0. The highest BCUT2D eigenvalue weighted by molar-refractivity contribution is 9.10. The lowest BCUT2D eigenvalue weighted by Crippen LogP contribution is -2.52. The monoisotopic (exact) mass is 521 g/mol. The number of ether oxygens (including phenoxy) is 3. The molecule has 0 saturated carbocycles. The molecule has 2 aliphatic heterocycles. The summed E-state index contributed by atoms with van der Waals surface area (Å²) >= 11 is 3.47. The van der Waals surface area contributed by atoms with E-state index in [0.29, 0.717) is 42.8 Å². The van der Waals surface area contributed by atoms with Crippen molar-refractivity contribution in [3.63, 3.8) is 0 Å². The van der Waals surface area contributed by atoms with Crippen LogP contribution in [0, 0.1) is 5.92 Å². The fourth-order valence-electron chi connectivity index (χ4n) is 5.31. The highest BCUT2D eigenvalue weighted by Gasteiger charge is 2.66. The van der Waals surface area contributed by atoms with Crippen molar-refractivity contribution in [2.24, 2.45) is 5.92 Å². The van der Waals surface area contributed by atoms with Crippen LogP contribution in [0.5, 0.6) is 0 Å². The summed E-state index contributed by atoms with van der Waals surface area (Å²) in [4.78, 5) is 36.2. The predicted octanol–water partition coefficient (Wildman–Crippen LogP) is 4.70. The molecule has 180 valence electrons. The molecule has 0 aliphatic carbocycles. The van der Waals surface area contributed by atoms with Crippen LogP contribution >= 0.6 is 15.9 Å². The molecule has 0 radical (unpaired) electrons. The molecular formula is C24H32BrN3O5. The normalized spacial score (nSPS) is 25.0. The van der Waals surface area contributed by atoms with Gasteiger partial charge in [0, 0.05) is 10.4 Å². The van der Waals surface area contributed by atoms with E-state index in [2.05, 4.69) is 20.9 Å². The smallest absolute Gasteiger partial charge is 0.411 e. The van der Waals surface area contributed by atoms with Crippen LogP contribution in [0.2, 0.25) is 0 Å². The third kappa shape index (κ3) is 4.08. The summed E-state index contributed by atoms with van der Waals surface area (Å²) in [6.45, 7) is 10.9. The minimum atomic E-state index is -0.981. The standard InChI is InChI=1S/C24H32BrN3O5/c1-6-18-23(7-2,20-26-17-13-15(25)9-10-16(17)19(29)27-20)28(21(30)33-22(3,4)5)14-24(18)31-11-8-12-32-24/h9-10,13,18H,6-8,11-12,14H2,1-5H3,(H,26,27,29). The van der Waals surface area contributed by atoms with Crippen LogP contribution in [-0.2, 0) is 19.7 Å². The second-order valence-corrected chi connectivity index (χ2v) is 10.7. The lowest BCUT2D eigenvalue weighted by Gasteiger charge is -2.43. The SMILES string of the molecule is CCC1C2(CN(C(=O)OC(C)(C)C)C1(CC)c1nc3cc(Br)ccc3c(=O)[nH]1)OCCCO2. The molecule has 1 aromatic heterocycles. The minimum absolute atomic E-state index is 0.203. The molecule has 2 fully saturated rings. The Bertz CT molecular complexity index is 1110. The van der Waals surface area contributed by atoms with Gasteiger partial charge in [-0.05, 0) is 58.2 Å². The Morgan fingerprint density at radius 1 is 1.30 bits per heavy atom. The van der Waals surface area contributed by atoms with Crippen LogP contribution in [0.25, 0.3) is 10.9 Å². The second kappa shape index (κ2) is 8.67. The van der Waals surface area contributed by atoms with Gasteiger partial charge < -0.3 is 19.2 Å². The maximum absolute atomic E-state index is 13.6. The number of carbonyl (C=O) groups excluding carboxylic acids is 1. The molecule has 2 saturated heterocycles. The zero-order valence-electron chi connectivity index (χ0n) is 19.9. The molecule has 2 aromatic rings. The number of halogens is 1. The van der Waals surface area contributed by atoms with E-state index in [1.165, 1.54) is 0 Å².